The zero-order chi connectivity index (χ0) is 27.9. The molecule has 1 aliphatic heterocycles. The van der Waals surface area contributed by atoms with Crippen LogP contribution in [-0.4, -0.2) is 82.2 Å². The molecule has 0 aliphatic carbocycles. The number of aryl methyl sites for hydroxylation is 1. The lowest BCUT2D eigenvalue weighted by atomic mass is 10.1. The number of anilines is 1. The van der Waals surface area contributed by atoms with Gasteiger partial charge >= 0.3 is 6.09 Å². The number of carbonyl (C=O) groups is 1. The van der Waals surface area contributed by atoms with E-state index >= 15 is 0 Å². The number of ether oxygens (including phenoxy) is 1. The second-order valence-electron chi connectivity index (χ2n) is 9.89. The molecule has 4 aromatic rings. The van der Waals surface area contributed by atoms with Crippen molar-refractivity contribution in [1.29, 1.82) is 0 Å². The standard InChI is InChI=1S/C29H33N7O4.2ClH/c1-21-30-28(33-40-21)24-9-7-23(8-10-24)26-11-12-27(37)36(32-26)20-22-5-3-6-25(19-22)31-29(38)39-18-4-13-35-16-14-34(2)15-17-35;;/h3,5-12,19H,4,13-18,20H2,1-2H3,(H,31,38);2*1H. The summed E-state index contributed by atoms with van der Waals surface area (Å²) < 4.78 is 11.8. The molecule has 1 aliphatic rings. The van der Waals surface area contributed by atoms with Crippen LogP contribution in [0.2, 0.25) is 0 Å². The number of hydrogen-bond acceptors (Lipinski definition) is 9. The van der Waals surface area contributed by atoms with Crippen LogP contribution in [0, 0.1) is 6.92 Å². The van der Waals surface area contributed by atoms with Gasteiger partial charge in [-0.2, -0.15) is 10.1 Å². The van der Waals surface area contributed by atoms with Crippen molar-refractivity contribution in [3.63, 3.8) is 0 Å². The predicted molar refractivity (Wildman–Crippen MR) is 166 cm³/mol. The van der Waals surface area contributed by atoms with Gasteiger partial charge in [-0.25, -0.2) is 9.48 Å². The summed E-state index contributed by atoms with van der Waals surface area (Å²) in [7, 11) is 2.13. The quantitative estimate of drug-likeness (QED) is 0.274. The topological polar surface area (TPSA) is 119 Å². The Kier molecular flexibility index (Phi) is 12.0. The first kappa shape index (κ1) is 32.7. The number of rotatable bonds is 9. The van der Waals surface area contributed by atoms with Gasteiger partial charge in [0, 0.05) is 62.5 Å². The third kappa shape index (κ3) is 8.86. The number of nitrogens with one attached hydrogen (secondary N) is 1. The van der Waals surface area contributed by atoms with Gasteiger partial charge in [-0.3, -0.25) is 10.1 Å². The zero-order valence-electron chi connectivity index (χ0n) is 23.6. The number of aromatic nitrogens is 4. The van der Waals surface area contributed by atoms with E-state index in [0.717, 1.165) is 55.8 Å². The maximum Gasteiger partial charge on any atom is 0.411 e. The summed E-state index contributed by atoms with van der Waals surface area (Å²) in [4.78, 5) is 33.8. The molecule has 1 amide bonds. The van der Waals surface area contributed by atoms with Crippen LogP contribution in [0.25, 0.3) is 22.6 Å². The lowest BCUT2D eigenvalue weighted by Crippen LogP contribution is -2.44. The van der Waals surface area contributed by atoms with Crippen LogP contribution in [0.4, 0.5) is 10.5 Å². The first-order chi connectivity index (χ1) is 19.4. The lowest BCUT2D eigenvalue weighted by molar-refractivity contribution is 0.130. The van der Waals surface area contributed by atoms with E-state index in [0.29, 0.717) is 29.7 Å². The third-order valence-electron chi connectivity index (χ3n) is 6.79. The number of nitrogens with zero attached hydrogens (tertiary/aromatic N) is 6. The van der Waals surface area contributed by atoms with Crippen molar-refractivity contribution >= 4 is 36.6 Å². The van der Waals surface area contributed by atoms with E-state index in [1.807, 2.05) is 42.5 Å². The molecule has 0 bridgehead atoms. The van der Waals surface area contributed by atoms with E-state index in [2.05, 4.69) is 37.4 Å². The molecular weight excluding hydrogens is 581 g/mol. The molecule has 11 nitrogen and oxygen atoms in total. The highest BCUT2D eigenvalue weighted by Crippen LogP contribution is 2.22. The Labute approximate surface area is 256 Å². The molecule has 2 aromatic carbocycles. The molecule has 1 fully saturated rings. The minimum atomic E-state index is -0.493. The fourth-order valence-corrected chi connectivity index (χ4v) is 4.52. The van der Waals surface area contributed by atoms with Crippen molar-refractivity contribution in [2.45, 2.75) is 19.9 Å². The van der Waals surface area contributed by atoms with Crippen molar-refractivity contribution < 1.29 is 14.1 Å². The predicted octanol–water partition coefficient (Wildman–Crippen LogP) is 4.35. The van der Waals surface area contributed by atoms with Crippen LogP contribution in [0.5, 0.6) is 0 Å². The first-order valence-electron chi connectivity index (χ1n) is 13.4. The highest BCUT2D eigenvalue weighted by atomic mass is 35.5. The Morgan fingerprint density at radius 1 is 1.00 bits per heavy atom. The summed E-state index contributed by atoms with van der Waals surface area (Å²) in [6, 6.07) is 18.1. The molecule has 3 heterocycles. The van der Waals surface area contributed by atoms with E-state index in [1.54, 1.807) is 19.1 Å². The first-order valence-corrected chi connectivity index (χ1v) is 13.4. The number of hydrogen-bond donors (Lipinski definition) is 1. The van der Waals surface area contributed by atoms with E-state index in [-0.39, 0.29) is 36.9 Å². The fourth-order valence-electron chi connectivity index (χ4n) is 4.52. The van der Waals surface area contributed by atoms with Gasteiger partial charge in [0.05, 0.1) is 18.8 Å². The van der Waals surface area contributed by atoms with Crippen LogP contribution in [0.3, 0.4) is 0 Å². The third-order valence-corrected chi connectivity index (χ3v) is 6.79. The van der Waals surface area contributed by atoms with Gasteiger partial charge < -0.3 is 19.1 Å². The van der Waals surface area contributed by atoms with Gasteiger partial charge in [-0.15, -0.1) is 24.8 Å². The van der Waals surface area contributed by atoms with E-state index < -0.39 is 6.09 Å². The molecule has 0 radical (unpaired) electrons. The van der Waals surface area contributed by atoms with Crippen molar-refractivity contribution in [3.05, 3.63) is 82.5 Å². The Bertz CT molecular complexity index is 1500. The summed E-state index contributed by atoms with van der Waals surface area (Å²) >= 11 is 0. The SMILES string of the molecule is Cc1nc(-c2ccc(-c3ccc(=O)n(Cc4cccc(NC(=O)OCCCN5CCN(C)CC5)c4)n3)cc2)no1.Cl.Cl. The maximum absolute atomic E-state index is 12.6. The minimum absolute atomic E-state index is 0. The second-order valence-corrected chi connectivity index (χ2v) is 9.89. The normalized spacial score (nSPS) is 13.6. The fraction of sp³-hybridized carbons (Fsp3) is 0.345. The summed E-state index contributed by atoms with van der Waals surface area (Å²) in [6.45, 7) is 7.50. The van der Waals surface area contributed by atoms with Crippen molar-refractivity contribution in [1.82, 2.24) is 29.7 Å². The van der Waals surface area contributed by atoms with Crippen molar-refractivity contribution in [2.75, 3.05) is 51.7 Å². The monoisotopic (exact) mass is 615 g/mol. The molecule has 0 atom stereocenters. The Morgan fingerprint density at radius 3 is 2.45 bits per heavy atom. The summed E-state index contributed by atoms with van der Waals surface area (Å²) in [5.41, 5.74) is 3.53. The van der Waals surface area contributed by atoms with Crippen LogP contribution < -0.4 is 10.9 Å². The maximum atomic E-state index is 12.6. The van der Waals surface area contributed by atoms with Crippen molar-refractivity contribution in [2.24, 2.45) is 0 Å². The average molecular weight is 617 g/mol. The molecule has 0 unspecified atom stereocenters. The number of amides is 1. The highest BCUT2D eigenvalue weighted by Gasteiger charge is 2.13. The molecule has 42 heavy (non-hydrogen) atoms. The van der Waals surface area contributed by atoms with Crippen LogP contribution in [-0.2, 0) is 11.3 Å². The van der Waals surface area contributed by atoms with E-state index in [4.69, 9.17) is 9.26 Å². The van der Waals surface area contributed by atoms with E-state index in [9.17, 15) is 9.59 Å². The highest BCUT2D eigenvalue weighted by molar-refractivity contribution is 5.86. The lowest BCUT2D eigenvalue weighted by Gasteiger charge is -2.32. The molecule has 0 spiro atoms. The number of benzene rings is 2. The van der Waals surface area contributed by atoms with Gasteiger partial charge in [-0.1, -0.05) is 41.6 Å². The van der Waals surface area contributed by atoms with Crippen molar-refractivity contribution in [3.8, 4) is 22.6 Å². The van der Waals surface area contributed by atoms with Gasteiger partial charge in [0.25, 0.3) is 5.56 Å². The minimum Gasteiger partial charge on any atom is -0.449 e. The summed E-state index contributed by atoms with van der Waals surface area (Å²) in [5.74, 6) is 1.02. The summed E-state index contributed by atoms with van der Waals surface area (Å²) in [5, 5.41) is 11.3. The molecule has 13 heteroatoms. The number of halogens is 2. The molecule has 224 valence electrons. The number of carbonyl (C=O) groups excluding carboxylic acids is 1. The van der Waals surface area contributed by atoms with Crippen LogP contribution in [0.15, 0.2) is 70.0 Å². The second kappa shape index (κ2) is 15.5. The van der Waals surface area contributed by atoms with Gasteiger partial charge in [-0.05, 0) is 37.2 Å². The molecule has 5 rings (SSSR count). The Morgan fingerprint density at radius 2 is 1.74 bits per heavy atom. The van der Waals surface area contributed by atoms with Crippen LogP contribution in [0.1, 0.15) is 17.9 Å². The Balaban J connectivity index is 0.00000242. The molecule has 1 saturated heterocycles. The van der Waals surface area contributed by atoms with Gasteiger partial charge in [0.1, 0.15) is 0 Å². The Hall–Kier alpha value is -3.77. The molecular formula is C29H35Cl2N7O4. The largest absolute Gasteiger partial charge is 0.449 e. The van der Waals surface area contributed by atoms with Crippen LogP contribution >= 0.6 is 24.8 Å². The molecule has 1 N–H and O–H groups in total. The van der Waals surface area contributed by atoms with Gasteiger partial charge in [0.15, 0.2) is 0 Å². The van der Waals surface area contributed by atoms with E-state index in [1.165, 1.54) is 10.7 Å². The number of piperazine rings is 1. The number of likely N-dealkylation sites (N-methyl/N-ethyl adjacent to an activating group) is 1. The average Bonchev–Trinajstić information content (AvgIpc) is 3.40. The van der Waals surface area contributed by atoms with Gasteiger partial charge in [0.2, 0.25) is 11.7 Å². The molecule has 0 saturated carbocycles. The zero-order valence-corrected chi connectivity index (χ0v) is 25.2. The summed E-state index contributed by atoms with van der Waals surface area (Å²) in [6.07, 6.45) is 0.300. The molecule has 2 aromatic heterocycles. The smallest absolute Gasteiger partial charge is 0.411 e.